The summed E-state index contributed by atoms with van der Waals surface area (Å²) in [5, 5.41) is 12.3. The van der Waals surface area contributed by atoms with Gasteiger partial charge in [0, 0.05) is 56.2 Å². The molecule has 3 heterocycles. The molecule has 0 atom stereocenters. The van der Waals surface area contributed by atoms with Gasteiger partial charge in [0.2, 0.25) is 5.91 Å². The summed E-state index contributed by atoms with van der Waals surface area (Å²) >= 11 is 0. The Hall–Kier alpha value is -4.02. The van der Waals surface area contributed by atoms with E-state index >= 15 is 0 Å². The van der Waals surface area contributed by atoms with Crippen molar-refractivity contribution in [2.45, 2.75) is 31.8 Å². The van der Waals surface area contributed by atoms with Gasteiger partial charge in [-0.25, -0.2) is 0 Å². The van der Waals surface area contributed by atoms with Crippen LogP contribution in [-0.4, -0.2) is 53.0 Å². The van der Waals surface area contributed by atoms with Crippen LogP contribution >= 0.6 is 12.4 Å². The van der Waals surface area contributed by atoms with E-state index < -0.39 is 0 Å². The third-order valence-corrected chi connectivity index (χ3v) is 7.21. The monoisotopic (exact) mass is 528 g/mol. The number of rotatable bonds is 8. The van der Waals surface area contributed by atoms with Crippen LogP contribution in [0.1, 0.15) is 35.1 Å². The number of nitrogens with one attached hydrogen (secondary N) is 1. The SMILES string of the molecule is Cl.N#Cc1ccc(Cc2cnccc2CN(C(=O)CN2C=CNC2)C2CCN(c3ccccc3)CC2)cc1. The van der Waals surface area contributed by atoms with Crippen LogP contribution in [0.15, 0.2) is 85.5 Å². The number of aromatic nitrogens is 1. The van der Waals surface area contributed by atoms with Crippen LogP contribution in [0.5, 0.6) is 0 Å². The summed E-state index contributed by atoms with van der Waals surface area (Å²) in [6, 6.07) is 22.6. The van der Waals surface area contributed by atoms with Crippen molar-refractivity contribution in [3.63, 3.8) is 0 Å². The van der Waals surface area contributed by atoms with Crippen molar-refractivity contribution < 1.29 is 4.79 Å². The van der Waals surface area contributed by atoms with Crippen molar-refractivity contribution in [2.24, 2.45) is 0 Å². The minimum atomic E-state index is 0. The Kier molecular flexibility index (Phi) is 9.23. The number of nitrogens with zero attached hydrogens (tertiary/aromatic N) is 5. The summed E-state index contributed by atoms with van der Waals surface area (Å²) in [5.74, 6) is 0.146. The second-order valence-electron chi connectivity index (χ2n) is 9.63. The topological polar surface area (TPSA) is 75.5 Å². The number of anilines is 1. The molecule has 38 heavy (non-hydrogen) atoms. The molecular weight excluding hydrogens is 496 g/mol. The Morgan fingerprint density at radius 2 is 1.82 bits per heavy atom. The first-order chi connectivity index (χ1) is 18.2. The summed E-state index contributed by atoms with van der Waals surface area (Å²) < 4.78 is 0. The average Bonchev–Trinajstić information content (AvgIpc) is 3.46. The molecule has 1 fully saturated rings. The Bertz CT molecular complexity index is 1270. The molecule has 196 valence electrons. The third kappa shape index (κ3) is 6.64. The van der Waals surface area contributed by atoms with Gasteiger partial charge in [-0.05, 0) is 66.3 Å². The first-order valence-corrected chi connectivity index (χ1v) is 12.8. The average molecular weight is 529 g/mol. The number of halogens is 1. The second-order valence-corrected chi connectivity index (χ2v) is 9.63. The van der Waals surface area contributed by atoms with E-state index in [9.17, 15) is 4.79 Å². The zero-order valence-electron chi connectivity index (χ0n) is 21.4. The zero-order chi connectivity index (χ0) is 25.5. The van der Waals surface area contributed by atoms with E-state index in [2.05, 4.69) is 50.4 Å². The number of hydrogen-bond acceptors (Lipinski definition) is 6. The van der Waals surface area contributed by atoms with E-state index in [4.69, 9.17) is 5.26 Å². The smallest absolute Gasteiger partial charge is 0.242 e. The number of hydrogen-bond donors (Lipinski definition) is 1. The summed E-state index contributed by atoms with van der Waals surface area (Å²) in [6.45, 7) is 3.44. The number of pyridine rings is 1. The molecule has 5 rings (SSSR count). The van der Waals surface area contributed by atoms with E-state index in [0.29, 0.717) is 31.7 Å². The minimum Gasteiger partial charge on any atom is -0.373 e. The van der Waals surface area contributed by atoms with Crippen LogP contribution in [0.4, 0.5) is 5.69 Å². The molecule has 2 aromatic carbocycles. The maximum atomic E-state index is 13.7. The first-order valence-electron chi connectivity index (χ1n) is 12.8. The molecule has 7 nitrogen and oxygen atoms in total. The first kappa shape index (κ1) is 27.0. The molecular formula is C30H33ClN6O. The van der Waals surface area contributed by atoms with Gasteiger partial charge in [0.25, 0.3) is 0 Å². The van der Waals surface area contributed by atoms with Crippen molar-refractivity contribution in [2.75, 3.05) is 31.2 Å². The quantitative estimate of drug-likeness (QED) is 0.470. The molecule has 0 saturated carbocycles. The Morgan fingerprint density at radius 1 is 1.05 bits per heavy atom. The van der Waals surface area contributed by atoms with Gasteiger partial charge in [0.05, 0.1) is 24.8 Å². The number of para-hydroxylation sites is 1. The normalized spacial score (nSPS) is 14.9. The van der Waals surface area contributed by atoms with E-state index in [1.165, 1.54) is 5.69 Å². The van der Waals surface area contributed by atoms with Gasteiger partial charge in [0.15, 0.2) is 0 Å². The van der Waals surface area contributed by atoms with Crippen LogP contribution < -0.4 is 10.2 Å². The Balaban J connectivity index is 0.00000336. The molecule has 0 aliphatic carbocycles. The second kappa shape index (κ2) is 13.0. The number of piperidine rings is 1. The number of amides is 1. The minimum absolute atomic E-state index is 0. The van der Waals surface area contributed by atoms with E-state index in [-0.39, 0.29) is 24.4 Å². The molecule has 0 spiro atoms. The summed E-state index contributed by atoms with van der Waals surface area (Å²) in [6.07, 6.45) is 10.1. The Labute approximate surface area is 230 Å². The summed E-state index contributed by atoms with van der Waals surface area (Å²) in [7, 11) is 0. The number of benzene rings is 2. The lowest BCUT2D eigenvalue weighted by molar-refractivity contribution is -0.135. The van der Waals surface area contributed by atoms with Gasteiger partial charge in [0.1, 0.15) is 0 Å². The molecule has 2 aliphatic rings. The van der Waals surface area contributed by atoms with Crippen molar-refractivity contribution in [1.29, 1.82) is 5.26 Å². The molecule has 1 N–H and O–H groups in total. The standard InChI is InChI=1S/C30H32N6O.ClH/c31-19-25-8-6-24(7-9-25)18-27-20-32-13-10-26(27)21-36(30(37)22-34-17-14-33-23-34)29-11-15-35(16-12-29)28-4-2-1-3-5-28;/h1-10,13-14,17,20,29,33H,11-12,15-16,18,21-23H2;1H. The van der Waals surface area contributed by atoms with Gasteiger partial charge in [-0.3, -0.25) is 9.78 Å². The van der Waals surface area contributed by atoms with Crippen LogP contribution in [0.25, 0.3) is 0 Å². The van der Waals surface area contributed by atoms with Crippen LogP contribution in [-0.2, 0) is 17.8 Å². The van der Waals surface area contributed by atoms with Crippen molar-refractivity contribution in [3.05, 3.63) is 108 Å². The van der Waals surface area contributed by atoms with Crippen molar-refractivity contribution in [1.82, 2.24) is 20.1 Å². The molecule has 1 saturated heterocycles. The number of carbonyl (C=O) groups excluding carboxylic acids is 1. The third-order valence-electron chi connectivity index (χ3n) is 7.21. The molecule has 2 aliphatic heterocycles. The van der Waals surface area contributed by atoms with Gasteiger partial charge < -0.3 is 20.0 Å². The molecule has 0 unspecified atom stereocenters. The highest BCUT2D eigenvalue weighted by atomic mass is 35.5. The molecule has 3 aromatic rings. The highest BCUT2D eigenvalue weighted by molar-refractivity contribution is 5.85. The van der Waals surface area contributed by atoms with Gasteiger partial charge in [-0.1, -0.05) is 30.3 Å². The highest BCUT2D eigenvalue weighted by Crippen LogP contribution is 2.25. The van der Waals surface area contributed by atoms with E-state index in [0.717, 1.165) is 42.6 Å². The lowest BCUT2D eigenvalue weighted by atomic mass is 9.98. The van der Waals surface area contributed by atoms with Gasteiger partial charge in [-0.15, -0.1) is 12.4 Å². The molecule has 1 amide bonds. The lowest BCUT2D eigenvalue weighted by Gasteiger charge is -2.40. The fourth-order valence-electron chi connectivity index (χ4n) is 5.12. The maximum Gasteiger partial charge on any atom is 0.242 e. The van der Waals surface area contributed by atoms with Gasteiger partial charge in [-0.2, -0.15) is 5.26 Å². The fourth-order valence-corrected chi connectivity index (χ4v) is 5.12. The predicted molar refractivity (Wildman–Crippen MR) is 152 cm³/mol. The molecule has 0 radical (unpaired) electrons. The lowest BCUT2D eigenvalue weighted by Crippen LogP contribution is -2.49. The zero-order valence-corrected chi connectivity index (χ0v) is 22.2. The van der Waals surface area contributed by atoms with Crippen LogP contribution in [0.2, 0.25) is 0 Å². The molecule has 8 heteroatoms. The van der Waals surface area contributed by atoms with Crippen molar-refractivity contribution >= 4 is 24.0 Å². The molecule has 1 aromatic heterocycles. The van der Waals surface area contributed by atoms with E-state index in [1.54, 1.807) is 0 Å². The number of carbonyl (C=O) groups is 1. The molecule has 0 bridgehead atoms. The van der Waals surface area contributed by atoms with Crippen LogP contribution in [0, 0.1) is 11.3 Å². The van der Waals surface area contributed by atoms with Crippen molar-refractivity contribution in [3.8, 4) is 6.07 Å². The van der Waals surface area contributed by atoms with Crippen LogP contribution in [0.3, 0.4) is 0 Å². The Morgan fingerprint density at radius 3 is 2.50 bits per heavy atom. The van der Waals surface area contributed by atoms with E-state index in [1.807, 2.05) is 66.1 Å². The summed E-state index contributed by atoms with van der Waals surface area (Å²) in [5.41, 5.74) is 5.24. The summed E-state index contributed by atoms with van der Waals surface area (Å²) in [4.78, 5) is 24.5. The maximum absolute atomic E-state index is 13.7. The predicted octanol–water partition coefficient (Wildman–Crippen LogP) is 4.30. The largest absolute Gasteiger partial charge is 0.373 e. The number of nitriles is 1. The highest BCUT2D eigenvalue weighted by Gasteiger charge is 2.29. The fraction of sp³-hybridized carbons (Fsp3) is 0.300. The van der Waals surface area contributed by atoms with Gasteiger partial charge >= 0.3 is 0 Å².